The molecule has 0 saturated carbocycles. The van der Waals surface area contributed by atoms with Gasteiger partial charge in [0.25, 0.3) is 0 Å². The summed E-state index contributed by atoms with van der Waals surface area (Å²) in [6, 6.07) is 3.90. The summed E-state index contributed by atoms with van der Waals surface area (Å²) in [4.78, 5) is 21.0. The first-order chi connectivity index (χ1) is 8.43. The van der Waals surface area contributed by atoms with Gasteiger partial charge in [0.05, 0.1) is 12.1 Å². The largest absolute Gasteiger partial charge is 0.416 e. The summed E-state index contributed by atoms with van der Waals surface area (Å²) in [5.41, 5.74) is -0.207. The summed E-state index contributed by atoms with van der Waals surface area (Å²) in [7, 11) is 0. The fourth-order valence-corrected chi connectivity index (χ4v) is 1.19. The van der Waals surface area contributed by atoms with Crippen LogP contribution in [0.3, 0.4) is 0 Å². The van der Waals surface area contributed by atoms with Gasteiger partial charge in [-0.05, 0) is 17.7 Å². The van der Waals surface area contributed by atoms with Gasteiger partial charge in [-0.2, -0.15) is 13.2 Å². The summed E-state index contributed by atoms with van der Waals surface area (Å²) < 4.78 is 36.8. The molecule has 7 heteroatoms. The molecule has 0 saturated heterocycles. The van der Waals surface area contributed by atoms with E-state index in [1.54, 1.807) is 0 Å². The standard InChI is InChI=1S/C11H11F3N2O2/c12-11(13,14)9-3-1-8(2-4-9)7-16-10(18)15-5-6-17/h1-4,6H,5,7H2,(H2,15,16,18). The van der Waals surface area contributed by atoms with E-state index in [4.69, 9.17) is 0 Å². The van der Waals surface area contributed by atoms with Crippen molar-refractivity contribution in [3.8, 4) is 0 Å². The highest BCUT2D eigenvalue weighted by Crippen LogP contribution is 2.28. The fourth-order valence-electron chi connectivity index (χ4n) is 1.19. The van der Waals surface area contributed by atoms with Gasteiger partial charge in [-0.1, -0.05) is 12.1 Å². The predicted molar refractivity (Wildman–Crippen MR) is 57.7 cm³/mol. The molecule has 2 amide bonds. The van der Waals surface area contributed by atoms with Crippen molar-refractivity contribution in [2.45, 2.75) is 12.7 Å². The third-order valence-electron chi connectivity index (χ3n) is 2.08. The van der Waals surface area contributed by atoms with Crippen LogP contribution in [0.15, 0.2) is 24.3 Å². The smallest absolute Gasteiger partial charge is 0.334 e. The molecule has 0 spiro atoms. The average Bonchev–Trinajstić information content (AvgIpc) is 2.33. The Morgan fingerprint density at radius 2 is 1.78 bits per heavy atom. The number of halogens is 3. The zero-order valence-electron chi connectivity index (χ0n) is 9.25. The molecule has 0 aliphatic carbocycles. The second-order valence-electron chi connectivity index (χ2n) is 3.42. The number of urea groups is 1. The van der Waals surface area contributed by atoms with E-state index in [0.29, 0.717) is 11.8 Å². The first-order valence-electron chi connectivity index (χ1n) is 5.05. The number of carbonyl (C=O) groups is 2. The van der Waals surface area contributed by atoms with Crippen molar-refractivity contribution >= 4 is 12.3 Å². The third kappa shape index (κ3) is 4.44. The van der Waals surface area contributed by atoms with Gasteiger partial charge < -0.3 is 15.4 Å². The van der Waals surface area contributed by atoms with Crippen molar-refractivity contribution in [2.24, 2.45) is 0 Å². The highest BCUT2D eigenvalue weighted by atomic mass is 19.4. The minimum atomic E-state index is -4.37. The number of carbonyl (C=O) groups excluding carboxylic acids is 2. The van der Waals surface area contributed by atoms with Gasteiger partial charge in [0.15, 0.2) is 0 Å². The van der Waals surface area contributed by atoms with Crippen molar-refractivity contribution in [3.05, 3.63) is 35.4 Å². The lowest BCUT2D eigenvalue weighted by Gasteiger charge is -2.08. The summed E-state index contributed by atoms with van der Waals surface area (Å²) in [5, 5.41) is 4.64. The number of amides is 2. The lowest BCUT2D eigenvalue weighted by Crippen LogP contribution is -2.35. The van der Waals surface area contributed by atoms with E-state index >= 15 is 0 Å². The number of nitrogens with one attached hydrogen (secondary N) is 2. The molecule has 2 N–H and O–H groups in total. The zero-order chi connectivity index (χ0) is 13.6. The van der Waals surface area contributed by atoms with E-state index in [9.17, 15) is 22.8 Å². The molecule has 1 rings (SSSR count). The van der Waals surface area contributed by atoms with Crippen molar-refractivity contribution in [1.82, 2.24) is 10.6 Å². The number of alkyl halides is 3. The average molecular weight is 260 g/mol. The van der Waals surface area contributed by atoms with Crippen LogP contribution < -0.4 is 10.6 Å². The Morgan fingerprint density at radius 1 is 1.17 bits per heavy atom. The van der Waals surface area contributed by atoms with Crippen molar-refractivity contribution in [1.29, 1.82) is 0 Å². The number of benzene rings is 1. The topological polar surface area (TPSA) is 58.2 Å². The summed E-state index contributed by atoms with van der Waals surface area (Å²) >= 11 is 0. The highest BCUT2D eigenvalue weighted by Gasteiger charge is 2.29. The molecule has 0 aromatic heterocycles. The van der Waals surface area contributed by atoms with Crippen molar-refractivity contribution in [3.63, 3.8) is 0 Å². The van der Waals surface area contributed by atoms with E-state index in [1.807, 2.05) is 0 Å². The predicted octanol–water partition coefficient (Wildman–Crippen LogP) is 1.70. The zero-order valence-corrected chi connectivity index (χ0v) is 9.25. The Hall–Kier alpha value is -2.05. The van der Waals surface area contributed by atoms with Gasteiger partial charge in [0.1, 0.15) is 6.29 Å². The van der Waals surface area contributed by atoms with Crippen LogP contribution >= 0.6 is 0 Å². The molecule has 0 radical (unpaired) electrons. The Bertz CT molecular complexity index is 415. The first-order valence-corrected chi connectivity index (χ1v) is 5.05. The summed E-state index contributed by atoms with van der Waals surface area (Å²) in [6.07, 6.45) is -3.84. The van der Waals surface area contributed by atoms with Crippen LogP contribution in [-0.4, -0.2) is 18.9 Å². The van der Waals surface area contributed by atoms with Gasteiger partial charge in [0, 0.05) is 6.54 Å². The lowest BCUT2D eigenvalue weighted by molar-refractivity contribution is -0.137. The van der Waals surface area contributed by atoms with E-state index in [-0.39, 0.29) is 13.1 Å². The normalized spacial score (nSPS) is 10.8. The Labute approximate surface area is 101 Å². The maximum atomic E-state index is 12.3. The van der Waals surface area contributed by atoms with Gasteiger partial charge in [0.2, 0.25) is 0 Å². The van der Waals surface area contributed by atoms with E-state index < -0.39 is 17.8 Å². The molecule has 0 aliphatic rings. The first kappa shape index (κ1) is 14.0. The molecule has 0 fully saturated rings. The minimum Gasteiger partial charge on any atom is -0.334 e. The molecule has 0 heterocycles. The third-order valence-corrected chi connectivity index (χ3v) is 2.08. The summed E-state index contributed by atoms with van der Waals surface area (Å²) in [6.45, 7) is -0.0261. The van der Waals surface area contributed by atoms with Crippen molar-refractivity contribution in [2.75, 3.05) is 6.54 Å². The lowest BCUT2D eigenvalue weighted by atomic mass is 10.1. The molecule has 0 aliphatic heterocycles. The van der Waals surface area contributed by atoms with Crippen LogP contribution in [0.2, 0.25) is 0 Å². The molecule has 1 aromatic rings. The van der Waals surface area contributed by atoms with Gasteiger partial charge in [-0.3, -0.25) is 0 Å². The maximum absolute atomic E-state index is 12.3. The Balaban J connectivity index is 2.49. The molecule has 0 unspecified atom stereocenters. The van der Waals surface area contributed by atoms with Crippen LogP contribution in [0.25, 0.3) is 0 Å². The molecule has 0 atom stereocenters. The van der Waals surface area contributed by atoms with Crippen LogP contribution in [-0.2, 0) is 17.5 Å². The van der Waals surface area contributed by atoms with E-state index in [1.165, 1.54) is 12.1 Å². The van der Waals surface area contributed by atoms with Gasteiger partial charge in [-0.25, -0.2) is 4.79 Å². The Kier molecular flexibility index (Phi) is 4.70. The van der Waals surface area contributed by atoms with Gasteiger partial charge >= 0.3 is 12.2 Å². The molecule has 98 valence electrons. The second kappa shape index (κ2) is 6.04. The number of aldehydes is 1. The number of hydrogen-bond donors (Lipinski definition) is 2. The SMILES string of the molecule is O=CCNC(=O)NCc1ccc(C(F)(F)F)cc1. The van der Waals surface area contributed by atoms with Gasteiger partial charge in [-0.15, -0.1) is 0 Å². The van der Waals surface area contributed by atoms with Crippen molar-refractivity contribution < 1.29 is 22.8 Å². The molecule has 0 bridgehead atoms. The maximum Gasteiger partial charge on any atom is 0.416 e. The monoisotopic (exact) mass is 260 g/mol. The second-order valence-corrected chi connectivity index (χ2v) is 3.42. The number of rotatable bonds is 4. The molecule has 18 heavy (non-hydrogen) atoms. The minimum absolute atomic E-state index is 0.0861. The van der Waals surface area contributed by atoms with E-state index in [2.05, 4.69) is 10.6 Å². The van der Waals surface area contributed by atoms with E-state index in [0.717, 1.165) is 12.1 Å². The quantitative estimate of drug-likeness (QED) is 0.809. The number of hydrogen-bond acceptors (Lipinski definition) is 2. The molecule has 4 nitrogen and oxygen atoms in total. The fraction of sp³-hybridized carbons (Fsp3) is 0.273. The molecule has 1 aromatic carbocycles. The molecular weight excluding hydrogens is 249 g/mol. The highest BCUT2D eigenvalue weighted by molar-refractivity contribution is 5.76. The van der Waals surface area contributed by atoms with Crippen LogP contribution in [0.5, 0.6) is 0 Å². The molecular formula is C11H11F3N2O2. The summed E-state index contributed by atoms with van der Waals surface area (Å²) in [5.74, 6) is 0. The van der Waals surface area contributed by atoms with Crippen LogP contribution in [0.4, 0.5) is 18.0 Å². The van der Waals surface area contributed by atoms with Crippen LogP contribution in [0, 0.1) is 0 Å². The Morgan fingerprint density at radius 3 is 2.28 bits per heavy atom. The van der Waals surface area contributed by atoms with Crippen LogP contribution in [0.1, 0.15) is 11.1 Å².